The largest absolute Gasteiger partial charge is 0.368 e. The first-order valence-corrected chi connectivity index (χ1v) is 10.9. The summed E-state index contributed by atoms with van der Waals surface area (Å²) in [5, 5.41) is 1.30. The molecule has 1 fully saturated rings. The summed E-state index contributed by atoms with van der Waals surface area (Å²) in [7, 11) is -3.54. The highest BCUT2D eigenvalue weighted by Gasteiger charge is 2.31. The maximum absolute atomic E-state index is 12.3. The van der Waals surface area contributed by atoms with E-state index in [1.807, 2.05) is 24.3 Å². The van der Waals surface area contributed by atoms with Gasteiger partial charge in [-0.15, -0.1) is 0 Å². The van der Waals surface area contributed by atoms with Gasteiger partial charge in [-0.1, -0.05) is 17.7 Å². The predicted molar refractivity (Wildman–Crippen MR) is 107 cm³/mol. The molecular weight excluding hydrogens is 390 g/mol. The van der Waals surface area contributed by atoms with Crippen LogP contribution in [0.5, 0.6) is 0 Å². The maximum atomic E-state index is 12.3. The van der Waals surface area contributed by atoms with E-state index >= 15 is 0 Å². The Morgan fingerprint density at radius 1 is 1.15 bits per heavy atom. The first kappa shape index (κ1) is 21.5. The van der Waals surface area contributed by atoms with Crippen molar-refractivity contribution >= 4 is 38.9 Å². The third-order valence-electron chi connectivity index (χ3n) is 4.74. The quantitative estimate of drug-likeness (QED) is 0.757. The number of amides is 2. The smallest absolute Gasteiger partial charge is 0.242 e. The third kappa shape index (κ3) is 5.35. The Hall–Kier alpha value is -1.80. The van der Waals surface area contributed by atoms with Gasteiger partial charge in [0.15, 0.2) is 9.84 Å². The van der Waals surface area contributed by atoms with Gasteiger partial charge >= 0.3 is 0 Å². The summed E-state index contributed by atoms with van der Waals surface area (Å²) in [4.78, 5) is 28.2. The molecule has 0 saturated carbocycles. The topological polar surface area (TPSA) is 86.8 Å². The van der Waals surface area contributed by atoms with E-state index in [-0.39, 0.29) is 12.5 Å². The van der Waals surface area contributed by atoms with Crippen molar-refractivity contribution in [1.82, 2.24) is 10.2 Å². The van der Waals surface area contributed by atoms with Crippen LogP contribution >= 0.6 is 11.6 Å². The number of nitrogens with one attached hydrogen (secondary N) is 1. The van der Waals surface area contributed by atoms with Crippen LogP contribution in [0.15, 0.2) is 24.3 Å². The van der Waals surface area contributed by atoms with E-state index in [1.54, 1.807) is 4.90 Å². The number of hydrogen-bond acceptors (Lipinski definition) is 5. The number of anilines is 1. The summed E-state index contributed by atoms with van der Waals surface area (Å²) in [6, 6.07) is 7.56. The van der Waals surface area contributed by atoms with Crippen molar-refractivity contribution in [3.8, 4) is 0 Å². The lowest BCUT2D eigenvalue weighted by atomic mass is 10.2. The molecule has 1 unspecified atom stereocenters. The van der Waals surface area contributed by atoms with Crippen molar-refractivity contribution in [3.05, 3.63) is 29.3 Å². The molecule has 0 aromatic heterocycles. The highest BCUT2D eigenvalue weighted by Crippen LogP contribution is 2.20. The Kier molecular flexibility index (Phi) is 7.11. The molecule has 0 bridgehead atoms. The predicted octanol–water partition coefficient (Wildman–Crippen LogP) is 1.32. The van der Waals surface area contributed by atoms with E-state index in [0.29, 0.717) is 31.2 Å². The van der Waals surface area contributed by atoms with Gasteiger partial charge in [0, 0.05) is 36.9 Å². The molecule has 27 heavy (non-hydrogen) atoms. The molecule has 1 aliphatic rings. The minimum atomic E-state index is -3.54. The number of halogens is 1. The summed E-state index contributed by atoms with van der Waals surface area (Å²) >= 11 is 6.02. The van der Waals surface area contributed by atoms with Crippen LogP contribution in [-0.4, -0.2) is 68.4 Å². The van der Waals surface area contributed by atoms with Crippen LogP contribution in [0, 0.1) is 0 Å². The van der Waals surface area contributed by atoms with Gasteiger partial charge < -0.3 is 15.1 Å². The molecular formula is C18H26ClN3O4S. The Balaban J connectivity index is 1.83. The van der Waals surface area contributed by atoms with E-state index in [4.69, 9.17) is 11.6 Å². The maximum Gasteiger partial charge on any atom is 0.242 e. The number of carbonyl (C=O) groups excluding carboxylic acids is 2. The second kappa shape index (κ2) is 8.93. The molecule has 1 heterocycles. The molecule has 1 atom stereocenters. The normalized spacial score (nSPS) is 16.3. The Bertz CT molecular complexity index is 790. The lowest BCUT2D eigenvalue weighted by molar-refractivity contribution is -0.133. The fourth-order valence-corrected chi connectivity index (χ4v) is 4.25. The molecule has 2 amide bonds. The molecule has 0 aliphatic carbocycles. The van der Waals surface area contributed by atoms with Gasteiger partial charge in [-0.3, -0.25) is 9.59 Å². The Labute approximate surface area is 165 Å². The van der Waals surface area contributed by atoms with Gasteiger partial charge in [-0.2, -0.15) is 0 Å². The lowest BCUT2D eigenvalue weighted by Crippen LogP contribution is -2.52. The molecule has 9 heteroatoms. The zero-order valence-electron chi connectivity index (χ0n) is 15.8. The SMILES string of the molecule is CC(C)S(=O)(=O)C(C)C(=O)NCC(=O)N1CCN(c2cccc(Cl)c2)CC1. The standard InChI is InChI=1S/C18H26ClN3O4S/c1-13(2)27(25,26)14(3)18(24)20-12-17(23)22-9-7-21(8-10-22)16-6-4-5-15(19)11-16/h4-6,11,13-14H,7-10,12H2,1-3H3,(H,20,24). The van der Waals surface area contributed by atoms with Gasteiger partial charge in [0.05, 0.1) is 11.8 Å². The highest BCUT2D eigenvalue weighted by molar-refractivity contribution is 7.93. The molecule has 0 radical (unpaired) electrons. The van der Waals surface area contributed by atoms with Crippen LogP contribution in [0.25, 0.3) is 0 Å². The zero-order chi connectivity index (χ0) is 20.2. The number of rotatable bonds is 6. The summed E-state index contributed by atoms with van der Waals surface area (Å²) in [6.07, 6.45) is 0. The lowest BCUT2D eigenvalue weighted by Gasteiger charge is -2.36. The van der Waals surface area contributed by atoms with E-state index in [1.165, 1.54) is 20.8 Å². The minimum Gasteiger partial charge on any atom is -0.368 e. The Morgan fingerprint density at radius 2 is 1.78 bits per heavy atom. The number of nitrogens with zero attached hydrogens (tertiary/aromatic N) is 2. The minimum absolute atomic E-state index is 0.200. The van der Waals surface area contributed by atoms with E-state index in [0.717, 1.165) is 5.69 Å². The molecule has 0 spiro atoms. The average molecular weight is 416 g/mol. The van der Waals surface area contributed by atoms with Gasteiger partial charge in [-0.25, -0.2) is 8.42 Å². The fourth-order valence-electron chi connectivity index (χ4n) is 2.86. The molecule has 1 aromatic carbocycles. The summed E-state index contributed by atoms with van der Waals surface area (Å²) in [5.74, 6) is -0.863. The molecule has 1 aromatic rings. The van der Waals surface area contributed by atoms with Gasteiger partial charge in [0.1, 0.15) is 5.25 Å². The number of benzene rings is 1. The monoisotopic (exact) mass is 415 g/mol. The number of sulfone groups is 1. The van der Waals surface area contributed by atoms with Crippen molar-refractivity contribution in [1.29, 1.82) is 0 Å². The highest BCUT2D eigenvalue weighted by atomic mass is 35.5. The van der Waals surface area contributed by atoms with Crippen molar-refractivity contribution in [2.45, 2.75) is 31.3 Å². The van der Waals surface area contributed by atoms with E-state index < -0.39 is 26.2 Å². The summed E-state index contributed by atoms with van der Waals surface area (Å²) in [5.41, 5.74) is 1.01. The second-order valence-corrected chi connectivity index (χ2v) is 10.1. The Morgan fingerprint density at radius 3 is 2.33 bits per heavy atom. The van der Waals surface area contributed by atoms with Crippen LogP contribution in [-0.2, 0) is 19.4 Å². The van der Waals surface area contributed by atoms with Crippen molar-refractivity contribution in [2.24, 2.45) is 0 Å². The fraction of sp³-hybridized carbons (Fsp3) is 0.556. The van der Waals surface area contributed by atoms with E-state index in [2.05, 4.69) is 10.2 Å². The molecule has 1 aliphatic heterocycles. The van der Waals surface area contributed by atoms with Gasteiger partial charge in [-0.05, 0) is 39.0 Å². The number of carbonyl (C=O) groups is 2. The number of hydrogen-bond donors (Lipinski definition) is 1. The van der Waals surface area contributed by atoms with Gasteiger partial charge in [0.2, 0.25) is 11.8 Å². The van der Waals surface area contributed by atoms with Crippen LogP contribution in [0.2, 0.25) is 5.02 Å². The van der Waals surface area contributed by atoms with Crippen molar-refractivity contribution in [2.75, 3.05) is 37.6 Å². The second-order valence-electron chi connectivity index (χ2n) is 6.85. The van der Waals surface area contributed by atoms with Gasteiger partial charge in [0.25, 0.3) is 0 Å². The van der Waals surface area contributed by atoms with Crippen molar-refractivity contribution < 1.29 is 18.0 Å². The molecule has 2 rings (SSSR count). The van der Waals surface area contributed by atoms with Crippen LogP contribution in [0.1, 0.15) is 20.8 Å². The van der Waals surface area contributed by atoms with E-state index in [9.17, 15) is 18.0 Å². The summed E-state index contributed by atoms with van der Waals surface area (Å²) in [6.45, 7) is 6.60. The average Bonchev–Trinajstić information content (AvgIpc) is 2.65. The molecule has 1 N–H and O–H groups in total. The summed E-state index contributed by atoms with van der Waals surface area (Å²) < 4.78 is 24.1. The molecule has 1 saturated heterocycles. The first-order valence-electron chi connectivity index (χ1n) is 8.91. The number of piperazine rings is 1. The third-order valence-corrected chi connectivity index (χ3v) is 7.49. The van der Waals surface area contributed by atoms with Crippen LogP contribution in [0.4, 0.5) is 5.69 Å². The molecule has 150 valence electrons. The first-order chi connectivity index (χ1) is 12.6. The zero-order valence-corrected chi connectivity index (χ0v) is 17.4. The van der Waals surface area contributed by atoms with Crippen LogP contribution < -0.4 is 10.2 Å². The van der Waals surface area contributed by atoms with Crippen molar-refractivity contribution in [3.63, 3.8) is 0 Å². The molecule has 7 nitrogen and oxygen atoms in total. The van der Waals surface area contributed by atoms with Crippen LogP contribution in [0.3, 0.4) is 0 Å².